The van der Waals surface area contributed by atoms with Crippen molar-refractivity contribution >= 4 is 0 Å². The lowest BCUT2D eigenvalue weighted by Gasteiger charge is -1.99. The predicted octanol–water partition coefficient (Wildman–Crippen LogP) is 1.89. The van der Waals surface area contributed by atoms with E-state index in [4.69, 9.17) is 4.74 Å². The standard InChI is InChI=1S/C7H11O/c1-2-8-7-5-3-4-6-7/h2-5H2,1H3. The van der Waals surface area contributed by atoms with Crippen molar-refractivity contribution in [2.45, 2.75) is 26.2 Å². The Morgan fingerprint density at radius 3 is 3.12 bits per heavy atom. The van der Waals surface area contributed by atoms with E-state index in [1.807, 2.05) is 6.92 Å². The first-order chi connectivity index (χ1) is 3.93. The molecule has 0 N–H and O–H groups in total. The van der Waals surface area contributed by atoms with E-state index in [0.29, 0.717) is 0 Å². The van der Waals surface area contributed by atoms with E-state index in [1.165, 1.54) is 6.42 Å². The molecule has 0 aromatic carbocycles. The van der Waals surface area contributed by atoms with Crippen LogP contribution in [0.2, 0.25) is 0 Å². The number of rotatable bonds is 2. The second-order valence-electron chi connectivity index (χ2n) is 1.89. The van der Waals surface area contributed by atoms with Crippen molar-refractivity contribution in [3.05, 3.63) is 11.8 Å². The van der Waals surface area contributed by atoms with Crippen molar-refractivity contribution in [1.29, 1.82) is 0 Å². The molecule has 45 valence electrons. The number of allylic oxidation sites excluding steroid dienone is 2. The molecule has 0 unspecified atom stereocenters. The molecule has 0 saturated carbocycles. The molecule has 1 nitrogen and oxygen atoms in total. The zero-order chi connectivity index (χ0) is 5.82. The normalized spacial score (nSPS) is 18.4. The van der Waals surface area contributed by atoms with Gasteiger partial charge in [-0.3, -0.25) is 0 Å². The summed E-state index contributed by atoms with van der Waals surface area (Å²) in [5.41, 5.74) is 0. The maximum absolute atomic E-state index is 5.21. The van der Waals surface area contributed by atoms with Gasteiger partial charge in [-0.2, -0.15) is 0 Å². The van der Waals surface area contributed by atoms with Crippen LogP contribution in [0.5, 0.6) is 0 Å². The summed E-state index contributed by atoms with van der Waals surface area (Å²) in [4.78, 5) is 0. The van der Waals surface area contributed by atoms with Crippen LogP contribution in [-0.2, 0) is 4.74 Å². The van der Waals surface area contributed by atoms with Gasteiger partial charge in [0.05, 0.1) is 12.4 Å². The van der Waals surface area contributed by atoms with E-state index in [2.05, 4.69) is 6.08 Å². The molecule has 0 bridgehead atoms. The van der Waals surface area contributed by atoms with Crippen molar-refractivity contribution in [3.8, 4) is 0 Å². The SMILES string of the molecule is CCOC1=[C]CCC1. The Morgan fingerprint density at radius 1 is 1.75 bits per heavy atom. The summed E-state index contributed by atoms with van der Waals surface area (Å²) < 4.78 is 5.21. The minimum absolute atomic E-state index is 0.794. The van der Waals surface area contributed by atoms with Crippen molar-refractivity contribution in [3.63, 3.8) is 0 Å². The Bertz CT molecular complexity index is 94.6. The van der Waals surface area contributed by atoms with Gasteiger partial charge in [0.1, 0.15) is 0 Å². The Hall–Kier alpha value is -0.460. The zero-order valence-electron chi connectivity index (χ0n) is 5.24. The molecule has 0 aliphatic heterocycles. The second-order valence-corrected chi connectivity index (χ2v) is 1.89. The lowest BCUT2D eigenvalue weighted by Crippen LogP contribution is -1.86. The van der Waals surface area contributed by atoms with Gasteiger partial charge < -0.3 is 4.74 Å². The lowest BCUT2D eigenvalue weighted by molar-refractivity contribution is 0.221. The summed E-state index contributed by atoms with van der Waals surface area (Å²) in [6.07, 6.45) is 6.58. The van der Waals surface area contributed by atoms with Crippen LogP contribution in [0.3, 0.4) is 0 Å². The Balaban J connectivity index is 2.23. The molecular formula is C7H11O. The van der Waals surface area contributed by atoms with Gasteiger partial charge in [-0.15, -0.1) is 0 Å². The topological polar surface area (TPSA) is 9.23 Å². The molecule has 0 fully saturated rings. The smallest absolute Gasteiger partial charge is 0.0995 e. The van der Waals surface area contributed by atoms with E-state index in [-0.39, 0.29) is 0 Å². The second kappa shape index (κ2) is 2.75. The first-order valence-electron chi connectivity index (χ1n) is 3.16. The highest BCUT2D eigenvalue weighted by Gasteiger charge is 2.03. The van der Waals surface area contributed by atoms with Crippen LogP contribution >= 0.6 is 0 Å². The molecule has 0 aromatic heterocycles. The molecule has 1 aliphatic rings. The monoisotopic (exact) mass is 111 g/mol. The van der Waals surface area contributed by atoms with Gasteiger partial charge in [-0.1, -0.05) is 0 Å². The highest BCUT2D eigenvalue weighted by atomic mass is 16.5. The van der Waals surface area contributed by atoms with Crippen molar-refractivity contribution in [2.75, 3.05) is 6.61 Å². The molecule has 0 aromatic rings. The molecule has 8 heavy (non-hydrogen) atoms. The molecule has 0 atom stereocenters. The van der Waals surface area contributed by atoms with Crippen LogP contribution in [0.15, 0.2) is 5.76 Å². The number of hydrogen-bond donors (Lipinski definition) is 0. The average molecular weight is 111 g/mol. The molecule has 0 amide bonds. The maximum atomic E-state index is 5.21. The molecule has 1 rings (SSSR count). The largest absolute Gasteiger partial charge is 0.498 e. The van der Waals surface area contributed by atoms with E-state index < -0.39 is 0 Å². The van der Waals surface area contributed by atoms with Crippen LogP contribution in [0.25, 0.3) is 0 Å². The van der Waals surface area contributed by atoms with Crippen molar-refractivity contribution < 1.29 is 4.74 Å². The number of ether oxygens (including phenoxy) is 1. The van der Waals surface area contributed by atoms with E-state index in [1.54, 1.807) is 0 Å². The Labute approximate surface area is 50.3 Å². The Morgan fingerprint density at radius 2 is 2.62 bits per heavy atom. The quantitative estimate of drug-likeness (QED) is 0.528. The van der Waals surface area contributed by atoms with Gasteiger partial charge >= 0.3 is 0 Å². The van der Waals surface area contributed by atoms with Gasteiger partial charge in [0.2, 0.25) is 0 Å². The summed E-state index contributed by atoms with van der Waals surface area (Å²) in [5.74, 6) is 1.08. The Kier molecular flexibility index (Phi) is 1.95. The number of hydrogen-bond acceptors (Lipinski definition) is 1. The molecular weight excluding hydrogens is 100 g/mol. The predicted molar refractivity (Wildman–Crippen MR) is 32.2 cm³/mol. The molecule has 0 spiro atoms. The van der Waals surface area contributed by atoms with Gasteiger partial charge in [0.25, 0.3) is 0 Å². The van der Waals surface area contributed by atoms with Gasteiger partial charge in [0.15, 0.2) is 0 Å². The van der Waals surface area contributed by atoms with Crippen LogP contribution in [0.1, 0.15) is 26.2 Å². The minimum Gasteiger partial charge on any atom is -0.498 e. The summed E-state index contributed by atoms with van der Waals surface area (Å²) in [5, 5.41) is 0. The highest BCUT2D eigenvalue weighted by Crippen LogP contribution is 2.16. The van der Waals surface area contributed by atoms with Crippen LogP contribution < -0.4 is 0 Å². The first-order valence-corrected chi connectivity index (χ1v) is 3.16. The van der Waals surface area contributed by atoms with E-state index in [0.717, 1.165) is 25.2 Å². The third-order valence-electron chi connectivity index (χ3n) is 1.22. The van der Waals surface area contributed by atoms with Crippen LogP contribution in [0, 0.1) is 6.08 Å². The van der Waals surface area contributed by atoms with E-state index in [9.17, 15) is 0 Å². The first kappa shape index (κ1) is 5.67. The maximum Gasteiger partial charge on any atom is 0.0995 e. The van der Waals surface area contributed by atoms with Crippen molar-refractivity contribution in [2.24, 2.45) is 0 Å². The third-order valence-corrected chi connectivity index (χ3v) is 1.22. The summed E-state index contributed by atoms with van der Waals surface area (Å²) in [6.45, 7) is 2.80. The van der Waals surface area contributed by atoms with E-state index >= 15 is 0 Å². The lowest BCUT2D eigenvalue weighted by atomic mass is 10.4. The molecule has 0 heterocycles. The fraction of sp³-hybridized carbons (Fsp3) is 0.714. The highest BCUT2D eigenvalue weighted by molar-refractivity contribution is 4.92. The van der Waals surface area contributed by atoms with Crippen LogP contribution in [0.4, 0.5) is 0 Å². The molecule has 0 saturated heterocycles. The molecule has 1 radical (unpaired) electrons. The van der Waals surface area contributed by atoms with Crippen LogP contribution in [-0.4, -0.2) is 6.61 Å². The van der Waals surface area contributed by atoms with Gasteiger partial charge in [0, 0.05) is 6.42 Å². The third kappa shape index (κ3) is 1.25. The molecule has 1 aliphatic carbocycles. The summed E-state index contributed by atoms with van der Waals surface area (Å²) in [7, 11) is 0. The zero-order valence-corrected chi connectivity index (χ0v) is 5.24. The average Bonchev–Trinajstić information content (AvgIpc) is 2.19. The molecule has 1 heteroatoms. The van der Waals surface area contributed by atoms with Crippen molar-refractivity contribution in [1.82, 2.24) is 0 Å². The summed E-state index contributed by atoms with van der Waals surface area (Å²) in [6, 6.07) is 0. The fourth-order valence-electron chi connectivity index (χ4n) is 0.863. The summed E-state index contributed by atoms with van der Waals surface area (Å²) >= 11 is 0. The minimum atomic E-state index is 0.794. The fourth-order valence-corrected chi connectivity index (χ4v) is 0.863. The van der Waals surface area contributed by atoms with Gasteiger partial charge in [-0.25, -0.2) is 0 Å². The van der Waals surface area contributed by atoms with Gasteiger partial charge in [-0.05, 0) is 25.8 Å².